The molecule has 0 radical (unpaired) electrons. The molecule has 1 heteroatoms. The van der Waals surface area contributed by atoms with Gasteiger partial charge in [0.2, 0.25) is 0 Å². The first-order valence-corrected chi connectivity index (χ1v) is 6.80. The minimum atomic E-state index is 0.322. The molecule has 1 atom stereocenters. The zero-order chi connectivity index (χ0) is 14.0. The molecule has 1 nitrogen and oxygen atoms in total. The van der Waals surface area contributed by atoms with Gasteiger partial charge in [0.1, 0.15) is 0 Å². The Morgan fingerprint density at radius 2 is 1.26 bits per heavy atom. The van der Waals surface area contributed by atoms with E-state index in [9.17, 15) is 0 Å². The predicted molar refractivity (Wildman–Crippen MR) is 82.6 cm³/mol. The van der Waals surface area contributed by atoms with Crippen molar-refractivity contribution in [1.29, 1.82) is 0 Å². The van der Waals surface area contributed by atoms with Gasteiger partial charge >= 0.3 is 0 Å². The van der Waals surface area contributed by atoms with Crippen LogP contribution < -0.4 is 0 Å². The first-order chi connectivity index (χ1) is 9.02. The molecule has 0 aliphatic carbocycles. The van der Waals surface area contributed by atoms with Gasteiger partial charge in [-0.1, -0.05) is 42.5 Å². The van der Waals surface area contributed by atoms with E-state index in [-0.39, 0.29) is 0 Å². The first kappa shape index (κ1) is 13.8. The molecule has 0 aliphatic heterocycles. The number of nitrogens with zero attached hydrogens (tertiary/aromatic N) is 1. The van der Waals surface area contributed by atoms with Gasteiger partial charge in [-0.25, -0.2) is 0 Å². The lowest BCUT2D eigenvalue weighted by molar-refractivity contribution is 0.339. The summed E-state index contributed by atoms with van der Waals surface area (Å²) in [5.41, 5.74) is 6.90. The maximum atomic E-state index is 2.30. The van der Waals surface area contributed by atoms with Crippen molar-refractivity contribution in [2.75, 3.05) is 14.1 Å². The van der Waals surface area contributed by atoms with E-state index in [1.807, 2.05) is 0 Å². The fraction of sp³-hybridized carbons (Fsp3) is 0.333. The van der Waals surface area contributed by atoms with Gasteiger partial charge in [-0.2, -0.15) is 0 Å². The summed E-state index contributed by atoms with van der Waals surface area (Å²) in [5.74, 6) is 0. The molecule has 0 aromatic heterocycles. The normalized spacial score (nSPS) is 12.7. The highest BCUT2D eigenvalue weighted by Gasteiger charge is 2.21. The molecule has 19 heavy (non-hydrogen) atoms. The van der Waals surface area contributed by atoms with E-state index in [0.29, 0.717) is 6.04 Å². The molecule has 0 saturated carbocycles. The van der Waals surface area contributed by atoms with Gasteiger partial charge in [0, 0.05) is 0 Å². The Bertz CT molecular complexity index is 549. The molecular formula is C18H23N. The third-order valence-electron chi connectivity index (χ3n) is 3.82. The predicted octanol–water partition coefficient (Wildman–Crippen LogP) is 4.26. The summed E-state index contributed by atoms with van der Waals surface area (Å²) >= 11 is 0. The minimum Gasteiger partial charge on any atom is -0.299 e. The van der Waals surface area contributed by atoms with Crippen LogP contribution in [0.3, 0.4) is 0 Å². The van der Waals surface area contributed by atoms with Crippen LogP contribution in [0.1, 0.15) is 33.9 Å². The monoisotopic (exact) mass is 253 g/mol. The SMILES string of the molecule is Cc1ccccc1C(c1c(C)cccc1C)N(C)C. The van der Waals surface area contributed by atoms with Crippen molar-refractivity contribution < 1.29 is 0 Å². The van der Waals surface area contributed by atoms with Gasteiger partial charge in [-0.3, -0.25) is 4.90 Å². The average molecular weight is 253 g/mol. The highest BCUT2D eigenvalue weighted by Crippen LogP contribution is 2.33. The maximum Gasteiger partial charge on any atom is 0.0604 e. The van der Waals surface area contributed by atoms with Crippen LogP contribution in [-0.2, 0) is 0 Å². The van der Waals surface area contributed by atoms with E-state index in [0.717, 1.165) is 0 Å². The average Bonchev–Trinajstić information content (AvgIpc) is 2.35. The number of hydrogen-bond donors (Lipinski definition) is 0. The number of benzene rings is 2. The van der Waals surface area contributed by atoms with Gasteiger partial charge in [0.15, 0.2) is 0 Å². The van der Waals surface area contributed by atoms with Crippen molar-refractivity contribution in [3.8, 4) is 0 Å². The number of aryl methyl sites for hydroxylation is 3. The van der Waals surface area contributed by atoms with Crippen LogP contribution in [0.2, 0.25) is 0 Å². The van der Waals surface area contributed by atoms with Crippen LogP contribution in [0.4, 0.5) is 0 Å². The fourth-order valence-corrected chi connectivity index (χ4v) is 2.84. The third-order valence-corrected chi connectivity index (χ3v) is 3.82. The van der Waals surface area contributed by atoms with Crippen LogP contribution in [0, 0.1) is 20.8 Å². The molecule has 0 bridgehead atoms. The van der Waals surface area contributed by atoms with Crippen LogP contribution >= 0.6 is 0 Å². The molecule has 2 aromatic rings. The van der Waals surface area contributed by atoms with Crippen molar-refractivity contribution in [3.05, 3.63) is 70.3 Å². The minimum absolute atomic E-state index is 0.322. The Balaban J connectivity index is 2.63. The van der Waals surface area contributed by atoms with Crippen LogP contribution in [0.15, 0.2) is 42.5 Å². The summed E-state index contributed by atoms with van der Waals surface area (Å²) in [7, 11) is 4.31. The zero-order valence-corrected chi connectivity index (χ0v) is 12.6. The van der Waals surface area contributed by atoms with Gasteiger partial charge < -0.3 is 0 Å². The lowest BCUT2D eigenvalue weighted by Crippen LogP contribution is -2.23. The summed E-state index contributed by atoms with van der Waals surface area (Å²) in [6, 6.07) is 15.5. The van der Waals surface area contributed by atoms with E-state index >= 15 is 0 Å². The molecule has 0 spiro atoms. The smallest absolute Gasteiger partial charge is 0.0604 e. The Kier molecular flexibility index (Phi) is 4.06. The summed E-state index contributed by atoms with van der Waals surface area (Å²) < 4.78 is 0. The summed E-state index contributed by atoms with van der Waals surface area (Å²) in [6.45, 7) is 6.60. The highest BCUT2D eigenvalue weighted by atomic mass is 15.1. The van der Waals surface area contributed by atoms with E-state index in [4.69, 9.17) is 0 Å². The summed E-state index contributed by atoms with van der Waals surface area (Å²) in [6.07, 6.45) is 0. The molecular weight excluding hydrogens is 230 g/mol. The molecule has 2 aromatic carbocycles. The second-order valence-electron chi connectivity index (χ2n) is 5.53. The second-order valence-corrected chi connectivity index (χ2v) is 5.53. The number of rotatable bonds is 3. The van der Waals surface area contributed by atoms with Crippen molar-refractivity contribution in [2.45, 2.75) is 26.8 Å². The van der Waals surface area contributed by atoms with Crippen molar-refractivity contribution in [3.63, 3.8) is 0 Å². The highest BCUT2D eigenvalue weighted by molar-refractivity contribution is 5.44. The molecule has 0 fully saturated rings. The van der Waals surface area contributed by atoms with E-state index < -0.39 is 0 Å². The Hall–Kier alpha value is -1.60. The van der Waals surface area contributed by atoms with E-state index in [1.165, 1.54) is 27.8 Å². The lowest BCUT2D eigenvalue weighted by Gasteiger charge is -2.29. The largest absolute Gasteiger partial charge is 0.299 e. The molecule has 0 aliphatic rings. The van der Waals surface area contributed by atoms with Gasteiger partial charge in [-0.05, 0) is 62.7 Å². The Morgan fingerprint density at radius 1 is 0.737 bits per heavy atom. The molecule has 2 rings (SSSR count). The Labute approximate surface area is 116 Å². The third kappa shape index (κ3) is 2.71. The van der Waals surface area contributed by atoms with Crippen molar-refractivity contribution >= 4 is 0 Å². The van der Waals surface area contributed by atoms with Crippen LogP contribution in [0.5, 0.6) is 0 Å². The fourth-order valence-electron chi connectivity index (χ4n) is 2.84. The molecule has 0 saturated heterocycles. The van der Waals surface area contributed by atoms with Gasteiger partial charge in [0.25, 0.3) is 0 Å². The van der Waals surface area contributed by atoms with Gasteiger partial charge in [-0.15, -0.1) is 0 Å². The Morgan fingerprint density at radius 3 is 1.79 bits per heavy atom. The van der Waals surface area contributed by atoms with Gasteiger partial charge in [0.05, 0.1) is 6.04 Å². The molecule has 0 N–H and O–H groups in total. The number of hydrogen-bond acceptors (Lipinski definition) is 1. The topological polar surface area (TPSA) is 3.24 Å². The van der Waals surface area contributed by atoms with Crippen LogP contribution in [-0.4, -0.2) is 19.0 Å². The molecule has 100 valence electrons. The molecule has 0 amide bonds. The second kappa shape index (κ2) is 5.58. The van der Waals surface area contributed by atoms with Crippen molar-refractivity contribution in [1.82, 2.24) is 4.90 Å². The standard InChI is InChI=1S/C18H23N/c1-13-9-6-7-12-16(13)18(19(4)5)17-14(2)10-8-11-15(17)3/h6-12,18H,1-5H3. The first-order valence-electron chi connectivity index (χ1n) is 6.80. The van der Waals surface area contributed by atoms with Crippen LogP contribution in [0.25, 0.3) is 0 Å². The molecule has 1 unspecified atom stereocenters. The summed E-state index contributed by atoms with van der Waals surface area (Å²) in [4.78, 5) is 2.30. The van der Waals surface area contributed by atoms with E-state index in [1.54, 1.807) is 0 Å². The zero-order valence-electron chi connectivity index (χ0n) is 12.6. The lowest BCUT2D eigenvalue weighted by atomic mass is 9.88. The maximum absolute atomic E-state index is 2.30. The quantitative estimate of drug-likeness (QED) is 0.790. The van der Waals surface area contributed by atoms with E-state index in [2.05, 4.69) is 82.2 Å². The summed E-state index contributed by atoms with van der Waals surface area (Å²) in [5, 5.41) is 0. The molecule has 0 heterocycles. The van der Waals surface area contributed by atoms with Crippen molar-refractivity contribution in [2.24, 2.45) is 0 Å².